The lowest BCUT2D eigenvalue weighted by molar-refractivity contribution is 0.475. The molecule has 0 saturated heterocycles. The number of rotatable bonds is 3. The maximum atomic E-state index is 11.7. The van der Waals surface area contributed by atoms with Crippen molar-refractivity contribution >= 4 is 28.7 Å². The summed E-state index contributed by atoms with van der Waals surface area (Å²) in [5, 5.41) is 12.7. The third-order valence-electron chi connectivity index (χ3n) is 3.32. The fourth-order valence-corrected chi connectivity index (χ4v) is 2.43. The van der Waals surface area contributed by atoms with Gasteiger partial charge in [-0.15, -0.1) is 0 Å². The van der Waals surface area contributed by atoms with Gasteiger partial charge >= 0.3 is 5.69 Å². The second-order valence-electron chi connectivity index (χ2n) is 4.94. The number of phenolic OH excluding ortho intramolecular Hbond substituents is 1. The van der Waals surface area contributed by atoms with Crippen LogP contribution in [0.2, 0.25) is 5.02 Å². The average Bonchev–Trinajstić information content (AvgIpc) is 2.51. The number of halogens is 1. The molecule has 1 aliphatic rings. The van der Waals surface area contributed by atoms with Crippen LogP contribution in [0.15, 0.2) is 47.3 Å². The summed E-state index contributed by atoms with van der Waals surface area (Å²) in [6.07, 6.45) is 7.87. The third-order valence-corrected chi connectivity index (χ3v) is 3.63. The summed E-state index contributed by atoms with van der Waals surface area (Å²) >= 11 is 5.87. The molecule has 3 N–H and O–H groups in total. The molecule has 6 heteroatoms. The highest BCUT2D eigenvalue weighted by Crippen LogP contribution is 2.28. The van der Waals surface area contributed by atoms with Crippen molar-refractivity contribution in [3.8, 4) is 5.75 Å². The van der Waals surface area contributed by atoms with Crippen molar-refractivity contribution < 1.29 is 5.11 Å². The van der Waals surface area contributed by atoms with Gasteiger partial charge in [0, 0.05) is 17.4 Å². The zero-order valence-electron chi connectivity index (χ0n) is 11.6. The summed E-state index contributed by atoms with van der Waals surface area (Å²) in [4.78, 5) is 18.4. The van der Waals surface area contributed by atoms with E-state index in [1.807, 2.05) is 12.2 Å². The van der Waals surface area contributed by atoms with E-state index in [1.54, 1.807) is 18.2 Å². The van der Waals surface area contributed by atoms with Crippen molar-refractivity contribution in [1.82, 2.24) is 9.97 Å². The minimum absolute atomic E-state index is 0.00548. The van der Waals surface area contributed by atoms with Crippen molar-refractivity contribution in [3.05, 3.63) is 63.7 Å². The standard InChI is InChI=1S/C16H14ClN3O2/c17-12-8-11(6-7-14(12)21)18-15-9-13(19-16(22)20-15)10-4-2-1-3-5-10/h1-2,4,6-9,21H,3,5H2,(H2,18,19,20,22). The molecule has 5 nitrogen and oxygen atoms in total. The molecular weight excluding hydrogens is 302 g/mol. The van der Waals surface area contributed by atoms with E-state index in [9.17, 15) is 9.90 Å². The van der Waals surface area contributed by atoms with E-state index in [0.717, 1.165) is 24.1 Å². The first-order chi connectivity index (χ1) is 10.6. The van der Waals surface area contributed by atoms with Gasteiger partial charge in [0.1, 0.15) is 11.6 Å². The Hall–Kier alpha value is -2.53. The second kappa shape index (κ2) is 6.07. The van der Waals surface area contributed by atoms with Crippen molar-refractivity contribution in [1.29, 1.82) is 0 Å². The number of H-pyrrole nitrogens is 1. The molecule has 1 aromatic heterocycles. The topological polar surface area (TPSA) is 78.0 Å². The van der Waals surface area contributed by atoms with Gasteiger partial charge in [-0.3, -0.25) is 0 Å². The molecule has 0 fully saturated rings. The predicted octanol–water partition coefficient (Wildman–Crippen LogP) is 3.61. The number of nitrogens with one attached hydrogen (secondary N) is 2. The van der Waals surface area contributed by atoms with E-state index in [0.29, 0.717) is 11.5 Å². The lowest BCUT2D eigenvalue weighted by Crippen LogP contribution is -2.14. The summed E-state index contributed by atoms with van der Waals surface area (Å²) in [6, 6.07) is 6.49. The van der Waals surface area contributed by atoms with Gasteiger partial charge in [0.25, 0.3) is 0 Å². The first-order valence-corrected chi connectivity index (χ1v) is 7.22. The summed E-state index contributed by atoms with van der Waals surface area (Å²) in [5.41, 5.74) is 2.04. The number of anilines is 2. The van der Waals surface area contributed by atoms with E-state index < -0.39 is 5.69 Å². The van der Waals surface area contributed by atoms with Gasteiger partial charge < -0.3 is 15.4 Å². The van der Waals surface area contributed by atoms with Gasteiger partial charge in [-0.05, 0) is 36.6 Å². The van der Waals surface area contributed by atoms with E-state index in [-0.39, 0.29) is 10.8 Å². The molecule has 1 aromatic carbocycles. The number of hydrogen-bond donors (Lipinski definition) is 3. The molecule has 0 spiro atoms. The van der Waals surface area contributed by atoms with Crippen LogP contribution < -0.4 is 11.0 Å². The monoisotopic (exact) mass is 315 g/mol. The first-order valence-electron chi connectivity index (χ1n) is 6.85. The molecule has 3 rings (SSSR count). The number of nitrogens with zero attached hydrogens (tertiary/aromatic N) is 1. The zero-order chi connectivity index (χ0) is 15.5. The molecule has 0 saturated carbocycles. The molecule has 0 atom stereocenters. The molecule has 0 aliphatic heterocycles. The van der Waals surface area contributed by atoms with Crippen molar-refractivity contribution in [2.75, 3.05) is 5.32 Å². The van der Waals surface area contributed by atoms with Gasteiger partial charge in [-0.1, -0.05) is 29.8 Å². The Kier molecular flexibility index (Phi) is 3.98. The van der Waals surface area contributed by atoms with E-state index >= 15 is 0 Å². The SMILES string of the molecule is O=c1nc(Nc2ccc(O)c(Cl)c2)cc(C2=CC=CCC2)[nH]1. The molecule has 0 bridgehead atoms. The highest BCUT2D eigenvalue weighted by Gasteiger charge is 2.08. The van der Waals surface area contributed by atoms with Crippen LogP contribution in [0.3, 0.4) is 0 Å². The number of benzene rings is 1. The lowest BCUT2D eigenvalue weighted by atomic mass is 10.0. The number of aromatic amines is 1. The van der Waals surface area contributed by atoms with Crippen LogP contribution >= 0.6 is 11.6 Å². The van der Waals surface area contributed by atoms with Crippen LogP contribution in [0, 0.1) is 0 Å². The van der Waals surface area contributed by atoms with Crippen LogP contribution in [0.5, 0.6) is 5.75 Å². The van der Waals surface area contributed by atoms with Crippen molar-refractivity contribution in [2.45, 2.75) is 12.8 Å². The van der Waals surface area contributed by atoms with Crippen LogP contribution in [-0.2, 0) is 0 Å². The summed E-state index contributed by atoms with van der Waals surface area (Å²) in [5.74, 6) is 0.432. The molecule has 2 aromatic rings. The largest absolute Gasteiger partial charge is 0.506 e. The molecule has 1 heterocycles. The molecule has 1 aliphatic carbocycles. The van der Waals surface area contributed by atoms with Gasteiger partial charge in [0.15, 0.2) is 0 Å². The van der Waals surface area contributed by atoms with Crippen LogP contribution in [-0.4, -0.2) is 15.1 Å². The van der Waals surface area contributed by atoms with Crippen LogP contribution in [0.1, 0.15) is 18.5 Å². The Labute approximate surface area is 132 Å². The first kappa shape index (κ1) is 14.4. The van der Waals surface area contributed by atoms with E-state index in [4.69, 9.17) is 11.6 Å². The summed E-state index contributed by atoms with van der Waals surface area (Å²) in [6.45, 7) is 0. The lowest BCUT2D eigenvalue weighted by Gasteiger charge is -2.11. The average molecular weight is 316 g/mol. The fraction of sp³-hybridized carbons (Fsp3) is 0.125. The minimum Gasteiger partial charge on any atom is -0.506 e. The van der Waals surface area contributed by atoms with Crippen LogP contribution in [0.25, 0.3) is 5.57 Å². The van der Waals surface area contributed by atoms with Crippen LogP contribution in [0.4, 0.5) is 11.5 Å². The molecule has 22 heavy (non-hydrogen) atoms. The van der Waals surface area contributed by atoms with Gasteiger partial charge in [-0.2, -0.15) is 4.98 Å². The number of hydrogen-bond acceptors (Lipinski definition) is 4. The highest BCUT2D eigenvalue weighted by molar-refractivity contribution is 6.32. The maximum Gasteiger partial charge on any atom is 0.347 e. The van der Waals surface area contributed by atoms with E-state index in [1.165, 1.54) is 6.07 Å². The number of aromatic nitrogens is 2. The fourth-order valence-electron chi connectivity index (χ4n) is 2.25. The molecule has 0 radical (unpaired) electrons. The molecule has 0 amide bonds. The Balaban J connectivity index is 1.92. The Morgan fingerprint density at radius 3 is 2.91 bits per heavy atom. The smallest absolute Gasteiger partial charge is 0.347 e. The second-order valence-corrected chi connectivity index (χ2v) is 5.34. The zero-order valence-corrected chi connectivity index (χ0v) is 12.4. The van der Waals surface area contributed by atoms with Gasteiger partial charge in [-0.25, -0.2) is 4.79 Å². The maximum absolute atomic E-state index is 11.7. The Morgan fingerprint density at radius 2 is 2.18 bits per heavy atom. The van der Waals surface area contributed by atoms with Gasteiger partial charge in [0.2, 0.25) is 0 Å². The molecular formula is C16H14ClN3O2. The predicted molar refractivity (Wildman–Crippen MR) is 87.6 cm³/mol. The number of allylic oxidation sites excluding steroid dienone is 4. The third kappa shape index (κ3) is 3.20. The molecule has 0 unspecified atom stereocenters. The Bertz CT molecular complexity index is 824. The number of phenols is 1. The summed E-state index contributed by atoms with van der Waals surface area (Å²) in [7, 11) is 0. The quantitative estimate of drug-likeness (QED) is 0.756. The highest BCUT2D eigenvalue weighted by atomic mass is 35.5. The normalized spacial score (nSPS) is 13.8. The minimum atomic E-state index is -0.416. The van der Waals surface area contributed by atoms with Crippen molar-refractivity contribution in [3.63, 3.8) is 0 Å². The summed E-state index contributed by atoms with van der Waals surface area (Å²) < 4.78 is 0. The van der Waals surface area contributed by atoms with Crippen molar-refractivity contribution in [2.24, 2.45) is 0 Å². The Morgan fingerprint density at radius 1 is 1.32 bits per heavy atom. The number of aromatic hydroxyl groups is 1. The van der Waals surface area contributed by atoms with Gasteiger partial charge in [0.05, 0.1) is 5.02 Å². The molecule has 112 valence electrons. The van der Waals surface area contributed by atoms with E-state index in [2.05, 4.69) is 21.4 Å².